The highest BCUT2D eigenvalue weighted by Gasteiger charge is 2.36. The van der Waals surface area contributed by atoms with Gasteiger partial charge in [0.15, 0.2) is 0 Å². The summed E-state index contributed by atoms with van der Waals surface area (Å²) in [7, 11) is 0. The number of nitrogens with zero attached hydrogens (tertiary/aromatic N) is 5. The Hall–Kier alpha value is -2.62. The van der Waals surface area contributed by atoms with Gasteiger partial charge in [-0.05, 0) is 38.8 Å². The smallest absolute Gasteiger partial charge is 0.410 e. The van der Waals surface area contributed by atoms with Crippen molar-refractivity contribution in [1.29, 1.82) is 0 Å². The third-order valence-electron chi connectivity index (χ3n) is 5.09. The van der Waals surface area contributed by atoms with Crippen LogP contribution in [-0.2, 0) is 27.3 Å². The van der Waals surface area contributed by atoms with Gasteiger partial charge in [-0.1, -0.05) is 0 Å². The summed E-state index contributed by atoms with van der Waals surface area (Å²) in [6.45, 7) is 8.57. The maximum atomic E-state index is 12.5. The molecule has 0 radical (unpaired) electrons. The van der Waals surface area contributed by atoms with Crippen molar-refractivity contribution in [3.05, 3.63) is 16.5 Å². The van der Waals surface area contributed by atoms with Crippen molar-refractivity contribution in [2.45, 2.75) is 52.3 Å². The van der Waals surface area contributed by atoms with Gasteiger partial charge in [0.05, 0.1) is 18.8 Å². The van der Waals surface area contributed by atoms with Gasteiger partial charge in [0.25, 0.3) is 0 Å². The van der Waals surface area contributed by atoms with Gasteiger partial charge in [-0.25, -0.2) is 14.8 Å². The quantitative estimate of drug-likeness (QED) is 0.682. The lowest BCUT2D eigenvalue weighted by atomic mass is 10.0. The Morgan fingerprint density at radius 2 is 1.83 bits per heavy atom. The molecule has 1 aromatic heterocycles. The van der Waals surface area contributed by atoms with Crippen LogP contribution in [0.5, 0.6) is 0 Å². The molecule has 1 atom stereocenters. The molecule has 1 unspecified atom stereocenters. The number of aromatic nitrogens is 2. The van der Waals surface area contributed by atoms with Crippen LogP contribution in [0.3, 0.4) is 0 Å². The summed E-state index contributed by atoms with van der Waals surface area (Å²) in [4.78, 5) is 50.0. The van der Waals surface area contributed by atoms with Crippen LogP contribution < -0.4 is 10.6 Å². The van der Waals surface area contributed by atoms with Gasteiger partial charge in [0, 0.05) is 32.1 Å². The van der Waals surface area contributed by atoms with Crippen LogP contribution in [-0.4, -0.2) is 75.5 Å². The summed E-state index contributed by atoms with van der Waals surface area (Å²) >= 11 is 6.18. The number of carbonyl (C=O) groups is 3. The zero-order valence-electron chi connectivity index (χ0n) is 17.6. The Morgan fingerprint density at radius 3 is 2.43 bits per heavy atom. The van der Waals surface area contributed by atoms with Crippen LogP contribution in [0.15, 0.2) is 0 Å². The van der Waals surface area contributed by atoms with E-state index in [0.717, 1.165) is 5.56 Å². The Labute approximate surface area is 180 Å². The van der Waals surface area contributed by atoms with E-state index in [2.05, 4.69) is 9.97 Å². The highest BCUT2D eigenvalue weighted by Crippen LogP contribution is 2.30. The first-order chi connectivity index (χ1) is 14.0. The minimum Gasteiger partial charge on any atom is -0.444 e. The Morgan fingerprint density at radius 1 is 1.13 bits per heavy atom. The molecule has 0 aliphatic carbocycles. The summed E-state index contributed by atoms with van der Waals surface area (Å²) in [5.41, 5.74) is 6.46. The number of ether oxygens (including phenoxy) is 1. The second-order valence-corrected chi connectivity index (χ2v) is 8.81. The zero-order chi connectivity index (χ0) is 22.2. The predicted molar refractivity (Wildman–Crippen MR) is 110 cm³/mol. The molecule has 0 spiro atoms. The number of primary amides is 1. The van der Waals surface area contributed by atoms with Crippen molar-refractivity contribution in [3.63, 3.8) is 0 Å². The molecular formula is C19H27ClN6O4. The molecule has 10 nitrogen and oxygen atoms in total. The van der Waals surface area contributed by atoms with Crippen molar-refractivity contribution in [2.75, 3.05) is 31.1 Å². The normalized spacial score (nSPS) is 19.4. The lowest BCUT2D eigenvalue weighted by molar-refractivity contribution is -0.130. The van der Waals surface area contributed by atoms with E-state index in [1.165, 1.54) is 6.92 Å². The van der Waals surface area contributed by atoms with Gasteiger partial charge in [0.2, 0.25) is 17.1 Å². The van der Waals surface area contributed by atoms with E-state index >= 15 is 0 Å². The number of rotatable bonds is 2. The third kappa shape index (κ3) is 4.75. The Balaban J connectivity index is 1.89. The minimum absolute atomic E-state index is 0.0204. The highest BCUT2D eigenvalue weighted by atomic mass is 35.5. The van der Waals surface area contributed by atoms with E-state index < -0.39 is 23.6 Å². The molecule has 2 aliphatic rings. The monoisotopic (exact) mass is 438 g/mol. The first-order valence-corrected chi connectivity index (χ1v) is 10.2. The number of nitrogens with two attached hydrogens (primary N) is 1. The molecule has 3 amide bonds. The predicted octanol–water partition coefficient (Wildman–Crippen LogP) is 0.946. The first kappa shape index (κ1) is 22.1. The maximum Gasteiger partial charge on any atom is 0.410 e. The van der Waals surface area contributed by atoms with E-state index in [-0.39, 0.29) is 24.3 Å². The molecule has 3 rings (SSSR count). The van der Waals surface area contributed by atoms with Crippen molar-refractivity contribution < 1.29 is 19.1 Å². The summed E-state index contributed by atoms with van der Waals surface area (Å²) in [6, 6.07) is -0.721. The van der Waals surface area contributed by atoms with Crippen LogP contribution in [0.1, 0.15) is 39.0 Å². The van der Waals surface area contributed by atoms with Gasteiger partial charge < -0.3 is 25.2 Å². The van der Waals surface area contributed by atoms with Crippen molar-refractivity contribution in [1.82, 2.24) is 19.8 Å². The average molecular weight is 439 g/mol. The number of amides is 3. The molecule has 2 N–H and O–H groups in total. The standard InChI is InChI=1S/C19H27ClN6O4/c1-11(27)24-7-8-26(14(10-24)15(21)28)16-12-5-6-25(18(29)30-19(2,3)4)9-13(12)22-17(20)23-16/h14H,5-10H2,1-4H3,(H2,21,28). The Bertz CT molecular complexity index is 871. The van der Waals surface area contributed by atoms with Crippen molar-refractivity contribution >= 4 is 35.3 Å². The van der Waals surface area contributed by atoms with Crippen LogP contribution >= 0.6 is 11.6 Å². The topological polar surface area (TPSA) is 122 Å². The molecule has 0 saturated carbocycles. The molecule has 0 aromatic carbocycles. The summed E-state index contributed by atoms with van der Waals surface area (Å²) < 4.78 is 5.45. The molecule has 1 aromatic rings. The number of hydrogen-bond acceptors (Lipinski definition) is 7. The van der Waals surface area contributed by atoms with Crippen LogP contribution in [0.25, 0.3) is 0 Å². The molecule has 3 heterocycles. The number of fused-ring (bicyclic) bond motifs is 1. The fourth-order valence-electron chi connectivity index (χ4n) is 3.67. The van der Waals surface area contributed by atoms with Crippen molar-refractivity contribution in [2.24, 2.45) is 5.73 Å². The lowest BCUT2D eigenvalue weighted by Crippen LogP contribution is -2.59. The second-order valence-electron chi connectivity index (χ2n) is 8.47. The first-order valence-electron chi connectivity index (χ1n) is 9.81. The second kappa shape index (κ2) is 8.25. The van der Waals surface area contributed by atoms with Crippen molar-refractivity contribution in [3.8, 4) is 0 Å². The molecule has 1 saturated heterocycles. The Kier molecular flexibility index (Phi) is 6.07. The molecular weight excluding hydrogens is 412 g/mol. The maximum absolute atomic E-state index is 12.5. The molecule has 164 valence electrons. The van der Waals surface area contributed by atoms with Gasteiger partial charge in [-0.15, -0.1) is 0 Å². The lowest BCUT2D eigenvalue weighted by Gasteiger charge is -2.41. The van der Waals surface area contributed by atoms with Crippen LogP contribution in [0.4, 0.5) is 10.6 Å². The minimum atomic E-state index is -0.721. The molecule has 11 heteroatoms. The number of anilines is 1. The fourth-order valence-corrected chi connectivity index (χ4v) is 3.85. The number of halogens is 1. The summed E-state index contributed by atoms with van der Waals surface area (Å²) in [6.07, 6.45) is 0.0639. The van der Waals surface area contributed by atoms with Gasteiger partial charge in [-0.3, -0.25) is 9.59 Å². The van der Waals surface area contributed by atoms with E-state index in [0.29, 0.717) is 37.6 Å². The zero-order valence-corrected chi connectivity index (χ0v) is 18.4. The van der Waals surface area contributed by atoms with E-state index in [9.17, 15) is 14.4 Å². The summed E-state index contributed by atoms with van der Waals surface area (Å²) in [5, 5.41) is 0.0204. The fraction of sp³-hybridized carbons (Fsp3) is 0.632. The third-order valence-corrected chi connectivity index (χ3v) is 5.26. The largest absolute Gasteiger partial charge is 0.444 e. The number of carbonyl (C=O) groups excluding carboxylic acids is 3. The van der Waals surface area contributed by atoms with Crippen LogP contribution in [0, 0.1) is 0 Å². The summed E-state index contributed by atoms with van der Waals surface area (Å²) in [5.74, 6) is -0.131. The van der Waals surface area contributed by atoms with E-state index in [1.807, 2.05) is 20.8 Å². The van der Waals surface area contributed by atoms with Crippen LogP contribution in [0.2, 0.25) is 5.28 Å². The van der Waals surface area contributed by atoms with Gasteiger partial charge >= 0.3 is 6.09 Å². The van der Waals surface area contributed by atoms with Gasteiger partial charge in [0.1, 0.15) is 17.5 Å². The van der Waals surface area contributed by atoms with E-state index in [4.69, 9.17) is 22.1 Å². The number of hydrogen-bond donors (Lipinski definition) is 1. The van der Waals surface area contributed by atoms with Gasteiger partial charge in [-0.2, -0.15) is 0 Å². The molecule has 30 heavy (non-hydrogen) atoms. The molecule has 2 aliphatic heterocycles. The highest BCUT2D eigenvalue weighted by molar-refractivity contribution is 6.28. The molecule has 0 bridgehead atoms. The van der Waals surface area contributed by atoms with E-state index in [1.54, 1.807) is 14.7 Å². The average Bonchev–Trinajstić information content (AvgIpc) is 2.64. The SMILES string of the molecule is CC(=O)N1CCN(c2nc(Cl)nc3c2CCN(C(=O)OC(C)(C)C)C3)C(C(N)=O)C1. The molecule has 1 fully saturated rings. The number of piperazine rings is 1.